The molecule has 0 atom stereocenters. The van der Waals surface area contributed by atoms with E-state index in [0.29, 0.717) is 12.2 Å². The Morgan fingerprint density at radius 2 is 1.87 bits per heavy atom. The van der Waals surface area contributed by atoms with Gasteiger partial charge in [-0.15, -0.1) is 0 Å². The molecule has 1 aliphatic carbocycles. The summed E-state index contributed by atoms with van der Waals surface area (Å²) in [6, 6.07) is 5.11. The number of aromatic nitrogens is 3. The maximum Gasteiger partial charge on any atom is 0.252 e. The second-order valence-electron chi connectivity index (χ2n) is 7.30. The van der Waals surface area contributed by atoms with Crippen molar-refractivity contribution in [1.82, 2.24) is 15.0 Å². The summed E-state index contributed by atoms with van der Waals surface area (Å²) in [7, 11) is 0. The van der Waals surface area contributed by atoms with Crippen LogP contribution in [-0.2, 0) is 5.41 Å². The van der Waals surface area contributed by atoms with Gasteiger partial charge in [0.15, 0.2) is 0 Å². The van der Waals surface area contributed by atoms with Crippen LogP contribution >= 0.6 is 0 Å². The first-order valence-corrected chi connectivity index (χ1v) is 9.40. The quantitative estimate of drug-likeness (QED) is 0.574. The van der Waals surface area contributed by atoms with Crippen LogP contribution in [0.3, 0.4) is 0 Å². The number of carbonyl (C=O) groups is 1. The van der Waals surface area contributed by atoms with Crippen LogP contribution < -0.4 is 11.1 Å². The van der Waals surface area contributed by atoms with E-state index in [2.05, 4.69) is 20.3 Å². The first-order chi connectivity index (χ1) is 14.4. The average molecular weight is 411 g/mol. The van der Waals surface area contributed by atoms with Gasteiger partial charge in [-0.3, -0.25) is 9.78 Å². The Morgan fingerprint density at radius 1 is 1.13 bits per heavy atom. The Hall–Kier alpha value is -3.62. The number of hydrogen-bond acceptors (Lipinski definition) is 6. The Kier molecular flexibility index (Phi) is 5.03. The smallest absolute Gasteiger partial charge is 0.252 e. The van der Waals surface area contributed by atoms with Crippen LogP contribution in [0.2, 0.25) is 0 Å². The van der Waals surface area contributed by atoms with E-state index in [4.69, 9.17) is 5.73 Å². The van der Waals surface area contributed by atoms with Gasteiger partial charge in [-0.1, -0.05) is 6.42 Å². The lowest BCUT2D eigenvalue weighted by Gasteiger charge is -2.41. The molecule has 0 radical (unpaired) electrons. The number of carbonyl (C=O) groups excluding carboxylic acids is 1. The minimum Gasteiger partial charge on any atom is -0.506 e. The summed E-state index contributed by atoms with van der Waals surface area (Å²) >= 11 is 0. The van der Waals surface area contributed by atoms with E-state index in [1.807, 2.05) is 0 Å². The number of halogens is 2. The van der Waals surface area contributed by atoms with Crippen LogP contribution in [0.15, 0.2) is 42.9 Å². The van der Waals surface area contributed by atoms with Crippen molar-refractivity contribution >= 4 is 11.9 Å². The molecule has 2 heterocycles. The highest BCUT2D eigenvalue weighted by Crippen LogP contribution is 2.43. The summed E-state index contributed by atoms with van der Waals surface area (Å²) in [4.78, 5) is 23.9. The Bertz CT molecular complexity index is 1100. The molecule has 0 saturated heterocycles. The predicted molar refractivity (Wildman–Crippen MR) is 106 cm³/mol. The summed E-state index contributed by atoms with van der Waals surface area (Å²) in [5.41, 5.74) is 4.99. The zero-order valence-electron chi connectivity index (χ0n) is 15.9. The summed E-state index contributed by atoms with van der Waals surface area (Å²) in [5.74, 6) is -2.24. The molecule has 4 N–H and O–H groups in total. The Morgan fingerprint density at radius 3 is 2.47 bits per heavy atom. The average Bonchev–Trinajstić information content (AvgIpc) is 2.69. The second kappa shape index (κ2) is 7.66. The number of phenols is 1. The maximum absolute atomic E-state index is 14.2. The number of nitrogens with two attached hydrogens (primary N) is 1. The van der Waals surface area contributed by atoms with Gasteiger partial charge in [0, 0.05) is 36.1 Å². The predicted octanol–water partition coefficient (Wildman–Crippen LogP) is 3.16. The van der Waals surface area contributed by atoms with Crippen LogP contribution in [0.25, 0.3) is 11.1 Å². The molecular formula is C21H19F2N5O2. The number of aromatic hydroxyl groups is 1. The standard InChI is InChI=1S/C21H19F2N5O2/c22-14-5-4-13(19(24)30)17(29)16(14)12-9-26-20(27-10-12)28-11-21(6-2-7-21)18-15(23)3-1-8-25-18/h1,3-5,8-10,29H,2,6-7,11H2,(H2,24,30)(H,26,27,28). The highest BCUT2D eigenvalue weighted by Gasteiger charge is 2.41. The monoisotopic (exact) mass is 411 g/mol. The fourth-order valence-corrected chi connectivity index (χ4v) is 3.71. The molecule has 0 aliphatic heterocycles. The van der Waals surface area contributed by atoms with E-state index in [1.54, 1.807) is 12.3 Å². The van der Waals surface area contributed by atoms with Crippen molar-refractivity contribution in [2.75, 3.05) is 11.9 Å². The van der Waals surface area contributed by atoms with Crippen molar-refractivity contribution in [3.8, 4) is 16.9 Å². The molecule has 1 aliphatic rings. The SMILES string of the molecule is NC(=O)c1ccc(F)c(-c2cnc(NCC3(c4ncccc4F)CCC3)nc2)c1O. The zero-order chi connectivity index (χ0) is 21.3. The fourth-order valence-electron chi connectivity index (χ4n) is 3.71. The lowest BCUT2D eigenvalue weighted by Crippen LogP contribution is -2.42. The number of benzene rings is 1. The van der Waals surface area contributed by atoms with E-state index in [-0.39, 0.29) is 28.5 Å². The van der Waals surface area contributed by atoms with E-state index in [0.717, 1.165) is 31.4 Å². The molecule has 1 saturated carbocycles. The molecule has 3 aromatic rings. The number of amides is 1. The molecule has 7 nitrogen and oxygen atoms in total. The van der Waals surface area contributed by atoms with Crippen LogP contribution in [0.5, 0.6) is 5.75 Å². The molecule has 30 heavy (non-hydrogen) atoms. The van der Waals surface area contributed by atoms with Crippen molar-refractivity contribution < 1.29 is 18.7 Å². The largest absolute Gasteiger partial charge is 0.506 e. The number of primary amides is 1. The number of nitrogens with one attached hydrogen (secondary N) is 1. The number of nitrogens with zero attached hydrogens (tertiary/aromatic N) is 3. The third-order valence-electron chi connectivity index (χ3n) is 5.49. The van der Waals surface area contributed by atoms with E-state index in [1.165, 1.54) is 18.5 Å². The first kappa shape index (κ1) is 19.7. The van der Waals surface area contributed by atoms with Crippen molar-refractivity contribution in [2.24, 2.45) is 5.73 Å². The molecule has 0 bridgehead atoms. The topological polar surface area (TPSA) is 114 Å². The normalized spacial score (nSPS) is 14.7. The molecule has 1 amide bonds. The van der Waals surface area contributed by atoms with E-state index >= 15 is 0 Å². The highest BCUT2D eigenvalue weighted by molar-refractivity contribution is 5.98. The molecular weight excluding hydrogens is 392 g/mol. The van der Waals surface area contributed by atoms with Crippen molar-refractivity contribution in [1.29, 1.82) is 0 Å². The van der Waals surface area contributed by atoms with Gasteiger partial charge in [0.05, 0.1) is 16.8 Å². The van der Waals surface area contributed by atoms with Gasteiger partial charge in [-0.2, -0.15) is 0 Å². The lowest BCUT2D eigenvalue weighted by atomic mass is 9.66. The second-order valence-corrected chi connectivity index (χ2v) is 7.30. The number of anilines is 1. The highest BCUT2D eigenvalue weighted by atomic mass is 19.1. The van der Waals surface area contributed by atoms with Gasteiger partial charge >= 0.3 is 0 Å². The Balaban J connectivity index is 1.55. The van der Waals surface area contributed by atoms with Gasteiger partial charge in [0.25, 0.3) is 5.91 Å². The molecule has 2 aromatic heterocycles. The van der Waals surface area contributed by atoms with E-state index < -0.39 is 22.9 Å². The van der Waals surface area contributed by atoms with Crippen LogP contribution in [0.1, 0.15) is 35.3 Å². The van der Waals surface area contributed by atoms with Crippen LogP contribution in [0, 0.1) is 11.6 Å². The number of hydrogen-bond donors (Lipinski definition) is 3. The third kappa shape index (κ3) is 3.42. The maximum atomic E-state index is 14.2. The number of pyridine rings is 1. The molecule has 0 unspecified atom stereocenters. The van der Waals surface area contributed by atoms with Gasteiger partial charge in [0.2, 0.25) is 5.95 Å². The summed E-state index contributed by atoms with van der Waals surface area (Å²) in [5, 5.41) is 13.3. The van der Waals surface area contributed by atoms with Crippen LogP contribution in [-0.4, -0.2) is 32.5 Å². The van der Waals surface area contributed by atoms with E-state index in [9.17, 15) is 18.7 Å². The molecule has 1 aromatic carbocycles. The summed E-state index contributed by atoms with van der Waals surface area (Å²) < 4.78 is 28.5. The molecule has 9 heteroatoms. The van der Waals surface area contributed by atoms with Gasteiger partial charge in [-0.25, -0.2) is 18.7 Å². The number of rotatable bonds is 6. The third-order valence-corrected chi connectivity index (χ3v) is 5.49. The fraction of sp³-hybridized carbons (Fsp3) is 0.238. The van der Waals surface area contributed by atoms with Gasteiger partial charge < -0.3 is 16.2 Å². The molecule has 4 rings (SSSR count). The molecule has 0 spiro atoms. The van der Waals surface area contributed by atoms with Gasteiger partial charge in [-0.05, 0) is 37.1 Å². The molecule has 154 valence electrons. The van der Waals surface area contributed by atoms with Crippen molar-refractivity contribution in [3.63, 3.8) is 0 Å². The zero-order valence-corrected chi connectivity index (χ0v) is 15.9. The van der Waals surface area contributed by atoms with Crippen molar-refractivity contribution in [2.45, 2.75) is 24.7 Å². The first-order valence-electron chi connectivity index (χ1n) is 9.40. The van der Waals surface area contributed by atoms with Gasteiger partial charge in [0.1, 0.15) is 17.4 Å². The Labute approximate surface area is 171 Å². The summed E-state index contributed by atoms with van der Waals surface area (Å²) in [6.45, 7) is 0.400. The minimum absolute atomic E-state index is 0.188. The van der Waals surface area contributed by atoms with Crippen molar-refractivity contribution in [3.05, 3.63) is 65.7 Å². The lowest BCUT2D eigenvalue weighted by molar-refractivity contribution is 0.0998. The minimum atomic E-state index is -0.875. The summed E-state index contributed by atoms with van der Waals surface area (Å²) in [6.07, 6.45) is 6.80. The van der Waals surface area contributed by atoms with Crippen LogP contribution in [0.4, 0.5) is 14.7 Å². The molecule has 1 fully saturated rings.